The molecule has 0 radical (unpaired) electrons. The first-order valence-corrected chi connectivity index (χ1v) is 10.2. The van der Waals surface area contributed by atoms with Gasteiger partial charge in [-0.15, -0.1) is 12.4 Å². The Morgan fingerprint density at radius 3 is 2.79 bits per heavy atom. The second kappa shape index (κ2) is 11.2. The molecule has 1 amide bonds. The molecule has 154 valence electrons. The molecular weight excluding hydrogens is 376 g/mol. The molecule has 0 saturated carbocycles. The van der Waals surface area contributed by atoms with E-state index in [1.807, 2.05) is 12.1 Å². The van der Waals surface area contributed by atoms with Gasteiger partial charge >= 0.3 is 0 Å². The number of hydrogen-bond donors (Lipinski definition) is 2. The minimum atomic E-state index is -0.195. The number of amides is 1. The Labute approximate surface area is 172 Å². The van der Waals surface area contributed by atoms with Crippen LogP contribution in [0.2, 0.25) is 0 Å². The lowest BCUT2D eigenvalue weighted by Crippen LogP contribution is -2.34. The van der Waals surface area contributed by atoms with Crippen molar-refractivity contribution in [2.45, 2.75) is 52.0 Å². The van der Waals surface area contributed by atoms with E-state index in [4.69, 9.17) is 0 Å². The number of nitrogens with zero attached hydrogens (tertiary/aromatic N) is 2. The molecule has 3 rings (SSSR count). The fraction of sp³-hybridized carbons (Fsp3) is 0.571. The van der Waals surface area contributed by atoms with Crippen molar-refractivity contribution in [1.29, 1.82) is 0 Å². The quantitative estimate of drug-likeness (QED) is 0.660. The fourth-order valence-corrected chi connectivity index (χ4v) is 3.71. The van der Waals surface area contributed by atoms with E-state index in [0.29, 0.717) is 35.5 Å². The van der Waals surface area contributed by atoms with Crippen molar-refractivity contribution < 1.29 is 4.79 Å². The summed E-state index contributed by atoms with van der Waals surface area (Å²) in [6, 6.07) is 7.26. The summed E-state index contributed by atoms with van der Waals surface area (Å²) < 4.78 is 1.46. The summed E-state index contributed by atoms with van der Waals surface area (Å²) in [5.41, 5.74) is 0.231. The van der Waals surface area contributed by atoms with E-state index in [1.54, 1.807) is 12.1 Å². The third kappa shape index (κ3) is 5.55. The number of fused-ring (bicyclic) bond motifs is 1. The monoisotopic (exact) mass is 406 g/mol. The molecule has 1 atom stereocenters. The maximum Gasteiger partial charge on any atom is 0.274 e. The first kappa shape index (κ1) is 22.4. The van der Waals surface area contributed by atoms with Crippen LogP contribution in [-0.2, 0) is 6.54 Å². The van der Waals surface area contributed by atoms with Crippen molar-refractivity contribution in [1.82, 2.24) is 20.4 Å². The highest BCUT2D eigenvalue weighted by atomic mass is 35.5. The van der Waals surface area contributed by atoms with Crippen LogP contribution in [0.3, 0.4) is 0 Å². The number of halogens is 1. The number of aromatic nitrogens is 2. The summed E-state index contributed by atoms with van der Waals surface area (Å²) in [5.74, 6) is 0.422. The molecule has 2 N–H and O–H groups in total. The van der Waals surface area contributed by atoms with Gasteiger partial charge in [0.15, 0.2) is 5.69 Å². The first-order chi connectivity index (χ1) is 13.2. The molecule has 6 nitrogen and oxygen atoms in total. The Balaban J connectivity index is 0.00000280. The molecule has 1 aliphatic rings. The van der Waals surface area contributed by atoms with E-state index in [0.717, 1.165) is 38.8 Å². The van der Waals surface area contributed by atoms with E-state index < -0.39 is 0 Å². The number of rotatable bonds is 8. The van der Waals surface area contributed by atoms with Gasteiger partial charge < -0.3 is 10.6 Å². The van der Waals surface area contributed by atoms with Gasteiger partial charge in [0.05, 0.1) is 5.39 Å². The summed E-state index contributed by atoms with van der Waals surface area (Å²) in [5, 5.41) is 12.0. The van der Waals surface area contributed by atoms with Crippen molar-refractivity contribution >= 4 is 29.1 Å². The molecule has 2 aromatic rings. The van der Waals surface area contributed by atoms with Crippen molar-refractivity contribution in [3.8, 4) is 0 Å². The zero-order valence-electron chi connectivity index (χ0n) is 16.6. The van der Waals surface area contributed by atoms with E-state index in [2.05, 4.69) is 22.7 Å². The summed E-state index contributed by atoms with van der Waals surface area (Å²) in [7, 11) is 0. The van der Waals surface area contributed by atoms with Gasteiger partial charge in [0.2, 0.25) is 0 Å². The van der Waals surface area contributed by atoms with Gasteiger partial charge in [-0.3, -0.25) is 9.59 Å². The third-order valence-corrected chi connectivity index (χ3v) is 5.29. The molecule has 0 bridgehead atoms. The minimum Gasteiger partial charge on any atom is -0.351 e. The lowest BCUT2D eigenvalue weighted by Gasteiger charge is -2.22. The van der Waals surface area contributed by atoms with Crippen LogP contribution in [0.15, 0.2) is 29.1 Å². The summed E-state index contributed by atoms with van der Waals surface area (Å²) in [6.07, 6.45) is 6.38. The molecule has 1 aliphatic heterocycles. The third-order valence-electron chi connectivity index (χ3n) is 5.29. The van der Waals surface area contributed by atoms with Crippen LogP contribution in [0.25, 0.3) is 10.8 Å². The maximum absolute atomic E-state index is 12.8. The number of piperidine rings is 1. The Bertz CT molecular complexity index is 831. The zero-order valence-corrected chi connectivity index (χ0v) is 17.4. The van der Waals surface area contributed by atoms with Gasteiger partial charge in [0.25, 0.3) is 11.5 Å². The van der Waals surface area contributed by atoms with Gasteiger partial charge in [-0.2, -0.15) is 5.10 Å². The maximum atomic E-state index is 12.8. The Morgan fingerprint density at radius 2 is 2.07 bits per heavy atom. The van der Waals surface area contributed by atoms with Gasteiger partial charge in [-0.25, -0.2) is 4.68 Å². The van der Waals surface area contributed by atoms with Crippen molar-refractivity contribution in [3.05, 3.63) is 40.3 Å². The second-order valence-corrected chi connectivity index (χ2v) is 7.39. The molecule has 1 aromatic carbocycles. The van der Waals surface area contributed by atoms with Gasteiger partial charge in [0.1, 0.15) is 0 Å². The van der Waals surface area contributed by atoms with Crippen LogP contribution in [0, 0.1) is 5.92 Å². The average molecular weight is 407 g/mol. The number of carbonyl (C=O) groups excluding carboxylic acids is 1. The summed E-state index contributed by atoms with van der Waals surface area (Å²) in [4.78, 5) is 25.5. The van der Waals surface area contributed by atoms with Crippen molar-refractivity contribution in [3.63, 3.8) is 0 Å². The average Bonchev–Trinajstić information content (AvgIpc) is 2.70. The molecule has 7 heteroatoms. The van der Waals surface area contributed by atoms with Crippen LogP contribution < -0.4 is 16.2 Å². The number of benzene rings is 1. The highest BCUT2D eigenvalue weighted by molar-refractivity contribution is 6.04. The van der Waals surface area contributed by atoms with Gasteiger partial charge in [-0.05, 0) is 50.8 Å². The zero-order chi connectivity index (χ0) is 19.1. The van der Waals surface area contributed by atoms with Crippen LogP contribution in [0.4, 0.5) is 0 Å². The highest BCUT2D eigenvalue weighted by Crippen LogP contribution is 2.15. The summed E-state index contributed by atoms with van der Waals surface area (Å²) in [6.45, 7) is 5.43. The van der Waals surface area contributed by atoms with E-state index in [1.165, 1.54) is 17.5 Å². The largest absolute Gasteiger partial charge is 0.351 e. The molecular formula is C21H31ClN4O2. The first-order valence-electron chi connectivity index (χ1n) is 10.2. The lowest BCUT2D eigenvalue weighted by atomic mass is 9.96. The van der Waals surface area contributed by atoms with Crippen LogP contribution in [0.5, 0.6) is 0 Å². The Kier molecular flexibility index (Phi) is 8.93. The number of carbonyl (C=O) groups is 1. The Morgan fingerprint density at radius 1 is 1.29 bits per heavy atom. The SMILES string of the molecule is CCCCCn1nc(C(=O)NCCC2CCCNC2)c2ccccc2c1=O.Cl. The fourth-order valence-electron chi connectivity index (χ4n) is 3.71. The van der Waals surface area contributed by atoms with Crippen LogP contribution in [0.1, 0.15) is 55.9 Å². The normalized spacial score (nSPS) is 16.5. The van der Waals surface area contributed by atoms with E-state index >= 15 is 0 Å². The van der Waals surface area contributed by atoms with E-state index in [-0.39, 0.29) is 23.9 Å². The number of aryl methyl sites for hydroxylation is 1. The predicted molar refractivity (Wildman–Crippen MR) is 115 cm³/mol. The van der Waals surface area contributed by atoms with Gasteiger partial charge in [-0.1, -0.05) is 38.0 Å². The number of unbranched alkanes of at least 4 members (excludes halogenated alkanes) is 2. The molecule has 2 heterocycles. The van der Waals surface area contributed by atoms with Crippen molar-refractivity contribution in [2.75, 3.05) is 19.6 Å². The smallest absolute Gasteiger partial charge is 0.274 e. The topological polar surface area (TPSA) is 76.0 Å². The summed E-state index contributed by atoms with van der Waals surface area (Å²) >= 11 is 0. The molecule has 0 aliphatic carbocycles. The molecule has 28 heavy (non-hydrogen) atoms. The Hall–Kier alpha value is -1.92. The molecule has 1 unspecified atom stereocenters. The molecule has 0 spiro atoms. The predicted octanol–water partition coefficient (Wildman–Crippen LogP) is 3.13. The second-order valence-electron chi connectivity index (χ2n) is 7.39. The van der Waals surface area contributed by atoms with Gasteiger partial charge in [0, 0.05) is 18.5 Å². The minimum absolute atomic E-state index is 0. The van der Waals surface area contributed by atoms with Crippen molar-refractivity contribution in [2.24, 2.45) is 5.92 Å². The van der Waals surface area contributed by atoms with E-state index in [9.17, 15) is 9.59 Å². The molecule has 1 fully saturated rings. The number of hydrogen-bond acceptors (Lipinski definition) is 4. The molecule has 1 saturated heterocycles. The standard InChI is InChI=1S/C21H30N4O2.ClH/c1-2-3-6-14-25-21(27)18-10-5-4-9-17(18)19(24-25)20(26)23-13-11-16-8-7-12-22-15-16;/h4-5,9-10,16,22H,2-3,6-8,11-15H2,1H3,(H,23,26);1H. The lowest BCUT2D eigenvalue weighted by molar-refractivity contribution is 0.0945. The van der Waals surface area contributed by atoms with Crippen LogP contribution in [-0.4, -0.2) is 35.3 Å². The molecule has 1 aromatic heterocycles. The number of nitrogens with one attached hydrogen (secondary N) is 2. The highest BCUT2D eigenvalue weighted by Gasteiger charge is 2.17. The van der Waals surface area contributed by atoms with Crippen LogP contribution >= 0.6 is 12.4 Å².